The first kappa shape index (κ1) is 24.3. The van der Waals surface area contributed by atoms with E-state index in [-0.39, 0.29) is 16.8 Å². The second-order valence-electron chi connectivity index (χ2n) is 8.81. The van der Waals surface area contributed by atoms with E-state index in [9.17, 15) is 9.59 Å². The van der Waals surface area contributed by atoms with E-state index in [1.807, 2.05) is 13.0 Å². The number of amides is 1. The molecule has 0 aliphatic carbocycles. The fourth-order valence-electron chi connectivity index (χ4n) is 4.36. The lowest BCUT2D eigenvalue weighted by molar-refractivity contribution is 0.0970. The molecule has 2 aromatic carbocycles. The van der Waals surface area contributed by atoms with Crippen LogP contribution < -0.4 is 19.8 Å². The van der Waals surface area contributed by atoms with Crippen molar-refractivity contribution < 1.29 is 18.7 Å². The molecule has 4 aromatic rings. The first-order valence-corrected chi connectivity index (χ1v) is 12.7. The lowest BCUT2D eigenvalue weighted by Crippen LogP contribution is -2.29. The van der Waals surface area contributed by atoms with E-state index in [4.69, 9.17) is 25.5 Å². The Morgan fingerprint density at radius 3 is 2.67 bits per heavy atom. The Bertz CT molecular complexity index is 1530. The van der Waals surface area contributed by atoms with Gasteiger partial charge in [0, 0.05) is 11.4 Å². The van der Waals surface area contributed by atoms with Crippen LogP contribution in [-0.4, -0.2) is 29.8 Å². The normalized spacial score (nSPS) is 15.1. The van der Waals surface area contributed by atoms with Gasteiger partial charge in [0.05, 0.1) is 30.7 Å². The maximum Gasteiger partial charge on any atom is 0.297 e. The van der Waals surface area contributed by atoms with Gasteiger partial charge in [-0.3, -0.25) is 14.5 Å². The summed E-state index contributed by atoms with van der Waals surface area (Å²) in [6.07, 6.45) is 0.730. The molecule has 1 atom stereocenters. The van der Waals surface area contributed by atoms with Crippen LogP contribution in [0, 0.1) is 5.92 Å². The van der Waals surface area contributed by atoms with Crippen LogP contribution in [0.3, 0.4) is 0 Å². The number of benzene rings is 2. The van der Waals surface area contributed by atoms with E-state index in [2.05, 4.69) is 24.0 Å². The van der Waals surface area contributed by atoms with Crippen LogP contribution in [0.1, 0.15) is 53.5 Å². The first-order chi connectivity index (χ1) is 17.3. The van der Waals surface area contributed by atoms with Crippen LogP contribution in [0.4, 0.5) is 5.13 Å². The molecule has 36 heavy (non-hydrogen) atoms. The van der Waals surface area contributed by atoms with Crippen molar-refractivity contribution in [1.82, 2.24) is 10.2 Å². The minimum atomic E-state index is -0.795. The van der Waals surface area contributed by atoms with Gasteiger partial charge in [-0.2, -0.15) is 0 Å². The number of nitrogens with zero attached hydrogens (tertiary/aromatic N) is 3. The van der Waals surface area contributed by atoms with E-state index >= 15 is 0 Å². The highest BCUT2D eigenvalue weighted by Gasteiger charge is 2.45. The van der Waals surface area contributed by atoms with E-state index in [0.717, 1.165) is 11.4 Å². The number of rotatable bonds is 7. The number of aromatic nitrogens is 2. The molecule has 1 aliphatic heterocycles. The predicted octanol–water partition coefficient (Wildman–Crippen LogP) is 5.65. The summed E-state index contributed by atoms with van der Waals surface area (Å²) in [5.74, 6) is 0.951. The zero-order valence-electron chi connectivity index (χ0n) is 20.2. The van der Waals surface area contributed by atoms with Gasteiger partial charge < -0.3 is 13.9 Å². The molecule has 0 radical (unpaired) electrons. The van der Waals surface area contributed by atoms with Gasteiger partial charge in [0.1, 0.15) is 10.6 Å². The van der Waals surface area contributed by atoms with E-state index in [1.165, 1.54) is 16.2 Å². The fourth-order valence-corrected chi connectivity index (χ4v) is 5.61. The number of carbonyl (C=O) groups is 1. The van der Waals surface area contributed by atoms with Crippen molar-refractivity contribution in [3.05, 3.63) is 73.5 Å². The highest BCUT2D eigenvalue weighted by Crippen LogP contribution is 2.44. The van der Waals surface area contributed by atoms with Crippen molar-refractivity contribution in [2.45, 2.75) is 33.2 Å². The largest absolute Gasteiger partial charge is 0.493 e. The Hall–Kier alpha value is -3.43. The zero-order valence-corrected chi connectivity index (χ0v) is 21.8. The lowest BCUT2D eigenvalue weighted by atomic mass is 9.98. The molecule has 0 saturated carbocycles. The minimum Gasteiger partial charge on any atom is -0.493 e. The Labute approximate surface area is 216 Å². The van der Waals surface area contributed by atoms with Crippen molar-refractivity contribution in [1.29, 1.82) is 0 Å². The smallest absolute Gasteiger partial charge is 0.297 e. The van der Waals surface area contributed by atoms with Gasteiger partial charge in [0.25, 0.3) is 5.91 Å². The van der Waals surface area contributed by atoms with Crippen LogP contribution in [0.5, 0.6) is 11.5 Å². The van der Waals surface area contributed by atoms with Gasteiger partial charge in [0.2, 0.25) is 10.9 Å². The number of halogens is 1. The quantitative estimate of drug-likeness (QED) is 0.307. The third kappa shape index (κ3) is 4.12. The molecule has 0 bridgehead atoms. The van der Waals surface area contributed by atoms with E-state index in [0.29, 0.717) is 50.7 Å². The van der Waals surface area contributed by atoms with Gasteiger partial charge in [-0.05, 0) is 48.7 Å². The Kier molecular flexibility index (Phi) is 6.44. The molecule has 10 heteroatoms. The Morgan fingerprint density at radius 2 is 1.94 bits per heavy atom. The molecule has 1 unspecified atom stereocenters. The number of hydrogen-bond acceptors (Lipinski definition) is 8. The van der Waals surface area contributed by atoms with Crippen LogP contribution in [0.2, 0.25) is 5.02 Å². The second-order valence-corrected chi connectivity index (χ2v) is 10.3. The first-order valence-electron chi connectivity index (χ1n) is 11.5. The number of anilines is 1. The highest BCUT2D eigenvalue weighted by atomic mass is 35.5. The van der Waals surface area contributed by atoms with E-state index in [1.54, 1.807) is 37.4 Å². The van der Waals surface area contributed by atoms with Crippen LogP contribution in [0.25, 0.3) is 11.0 Å². The monoisotopic (exact) mass is 525 g/mol. The minimum absolute atomic E-state index is 0.0201. The third-order valence-electron chi connectivity index (χ3n) is 5.88. The van der Waals surface area contributed by atoms with Crippen LogP contribution in [0.15, 0.2) is 45.6 Å². The molecule has 3 heterocycles. The van der Waals surface area contributed by atoms with Crippen molar-refractivity contribution in [2.75, 3.05) is 18.6 Å². The van der Waals surface area contributed by atoms with Gasteiger partial charge in [-0.1, -0.05) is 42.9 Å². The van der Waals surface area contributed by atoms with Crippen molar-refractivity contribution in [3.63, 3.8) is 0 Å². The maximum atomic E-state index is 13.8. The van der Waals surface area contributed by atoms with Crippen molar-refractivity contribution >= 4 is 44.9 Å². The van der Waals surface area contributed by atoms with Gasteiger partial charge in [0.15, 0.2) is 16.9 Å². The van der Waals surface area contributed by atoms with Crippen LogP contribution in [-0.2, 0) is 6.42 Å². The summed E-state index contributed by atoms with van der Waals surface area (Å²) in [5.41, 5.74) is 0.840. The zero-order chi connectivity index (χ0) is 25.6. The maximum absolute atomic E-state index is 13.8. The highest BCUT2D eigenvalue weighted by molar-refractivity contribution is 7.15. The molecule has 1 aliphatic rings. The molecule has 8 nitrogen and oxygen atoms in total. The SMILES string of the molecule is CCOc1ccc(C2c3c(oc4ccc(Cl)cc4c3=O)C(=O)N2c2nnc(CC(C)C)s2)cc1OC. The third-order valence-corrected chi connectivity index (χ3v) is 7.06. The summed E-state index contributed by atoms with van der Waals surface area (Å²) in [5, 5.41) is 10.5. The molecule has 0 saturated heterocycles. The van der Waals surface area contributed by atoms with Gasteiger partial charge in [-0.25, -0.2) is 0 Å². The average molecular weight is 526 g/mol. The number of methoxy groups -OCH3 is 1. The number of carbonyl (C=O) groups excluding carboxylic acids is 1. The van der Waals surface area contributed by atoms with Crippen molar-refractivity contribution in [2.24, 2.45) is 5.92 Å². The number of ether oxygens (including phenoxy) is 2. The van der Waals surface area contributed by atoms with Crippen molar-refractivity contribution in [3.8, 4) is 11.5 Å². The molecule has 0 spiro atoms. The lowest BCUT2D eigenvalue weighted by Gasteiger charge is -2.23. The summed E-state index contributed by atoms with van der Waals surface area (Å²) in [6, 6.07) is 9.31. The Balaban J connectivity index is 1.74. The summed E-state index contributed by atoms with van der Waals surface area (Å²) in [6.45, 7) is 6.53. The molecule has 1 amide bonds. The number of fused-ring (bicyclic) bond motifs is 2. The molecule has 0 fully saturated rings. The number of hydrogen-bond donors (Lipinski definition) is 0. The molecule has 186 valence electrons. The average Bonchev–Trinajstić information content (AvgIpc) is 3.41. The fraction of sp³-hybridized carbons (Fsp3) is 0.308. The Morgan fingerprint density at radius 1 is 1.14 bits per heavy atom. The van der Waals surface area contributed by atoms with Gasteiger partial charge in [-0.15, -0.1) is 10.2 Å². The molecule has 0 N–H and O–H groups in total. The van der Waals surface area contributed by atoms with Crippen LogP contribution >= 0.6 is 22.9 Å². The molecular weight excluding hydrogens is 502 g/mol. The molecule has 5 rings (SSSR count). The summed E-state index contributed by atoms with van der Waals surface area (Å²) in [4.78, 5) is 29.0. The molecular formula is C26H24ClN3O5S. The predicted molar refractivity (Wildman–Crippen MR) is 139 cm³/mol. The second kappa shape index (κ2) is 9.55. The summed E-state index contributed by atoms with van der Waals surface area (Å²) in [7, 11) is 1.54. The standard InChI is InChI=1S/C26H24ClN3O5S/c1-5-34-18-8-6-14(11-19(18)33-4)22-21-23(31)16-12-15(27)7-9-17(16)35-24(21)25(32)30(22)26-29-28-20(36-26)10-13(2)3/h6-9,11-13,22H,5,10H2,1-4H3. The topological polar surface area (TPSA) is 94.8 Å². The van der Waals surface area contributed by atoms with E-state index < -0.39 is 11.9 Å². The summed E-state index contributed by atoms with van der Waals surface area (Å²) < 4.78 is 17.2. The summed E-state index contributed by atoms with van der Waals surface area (Å²) >= 11 is 7.50. The van der Waals surface area contributed by atoms with Gasteiger partial charge >= 0.3 is 0 Å². The molecule has 2 aromatic heterocycles.